The fourth-order valence-electron chi connectivity index (χ4n) is 2.77. The Morgan fingerprint density at radius 3 is 2.81 bits per heavy atom. The minimum atomic E-state index is 0.889. The number of aromatic nitrogens is 2. The molecule has 3 rings (SSSR count). The van der Waals surface area contributed by atoms with Crippen molar-refractivity contribution in [2.24, 2.45) is 0 Å². The van der Waals surface area contributed by atoms with E-state index in [9.17, 15) is 0 Å². The molecular weight excluding hydrogens is 260 g/mol. The molecule has 0 unspecified atom stereocenters. The van der Waals surface area contributed by atoms with Crippen LogP contribution in [0.3, 0.4) is 0 Å². The lowest BCUT2D eigenvalue weighted by Crippen LogP contribution is -2.19. The number of nitrogens with zero attached hydrogens (tertiary/aromatic N) is 3. The van der Waals surface area contributed by atoms with Gasteiger partial charge in [0, 0.05) is 25.7 Å². The van der Waals surface area contributed by atoms with Crippen LogP contribution in [0.2, 0.25) is 0 Å². The van der Waals surface area contributed by atoms with Crippen molar-refractivity contribution in [3.05, 3.63) is 47.8 Å². The Kier molecular flexibility index (Phi) is 4.34. The van der Waals surface area contributed by atoms with Crippen LogP contribution in [0.1, 0.15) is 24.0 Å². The summed E-state index contributed by atoms with van der Waals surface area (Å²) in [5.41, 5.74) is 2.67. The summed E-state index contributed by atoms with van der Waals surface area (Å²) in [4.78, 5) is 11.0. The average molecular weight is 282 g/mol. The molecule has 0 saturated carbocycles. The zero-order valence-electron chi connectivity index (χ0n) is 12.5. The largest absolute Gasteiger partial charge is 0.370 e. The molecule has 1 aliphatic rings. The van der Waals surface area contributed by atoms with Gasteiger partial charge in [-0.1, -0.05) is 29.8 Å². The maximum atomic E-state index is 4.37. The molecule has 0 amide bonds. The third kappa shape index (κ3) is 3.72. The predicted octanol–water partition coefficient (Wildman–Crippen LogP) is 3.04. The van der Waals surface area contributed by atoms with Crippen LogP contribution in [0.5, 0.6) is 0 Å². The summed E-state index contributed by atoms with van der Waals surface area (Å²) >= 11 is 0. The van der Waals surface area contributed by atoms with Crippen molar-refractivity contribution in [3.63, 3.8) is 0 Å². The smallest absolute Gasteiger partial charge is 0.134 e. The first kappa shape index (κ1) is 13.9. The van der Waals surface area contributed by atoms with E-state index in [4.69, 9.17) is 0 Å². The molecule has 0 radical (unpaired) electrons. The van der Waals surface area contributed by atoms with Gasteiger partial charge in [-0.05, 0) is 31.7 Å². The van der Waals surface area contributed by atoms with Gasteiger partial charge in [-0.2, -0.15) is 0 Å². The molecule has 21 heavy (non-hydrogen) atoms. The van der Waals surface area contributed by atoms with Gasteiger partial charge in [0.25, 0.3) is 0 Å². The van der Waals surface area contributed by atoms with Crippen LogP contribution < -0.4 is 10.2 Å². The quantitative estimate of drug-likeness (QED) is 0.915. The highest BCUT2D eigenvalue weighted by Crippen LogP contribution is 2.19. The Hall–Kier alpha value is -2.10. The molecule has 4 nitrogen and oxygen atoms in total. The molecule has 0 spiro atoms. The van der Waals surface area contributed by atoms with Gasteiger partial charge in [0.2, 0.25) is 0 Å². The molecule has 2 aromatic rings. The number of benzene rings is 1. The molecule has 1 aromatic heterocycles. The molecule has 0 aliphatic carbocycles. The van der Waals surface area contributed by atoms with Gasteiger partial charge in [-0.3, -0.25) is 0 Å². The SMILES string of the molecule is Cc1cccc(CCNc2cc(N3CCCC3)ncn2)c1. The third-order valence-electron chi connectivity index (χ3n) is 3.88. The molecule has 1 aliphatic heterocycles. The van der Waals surface area contributed by atoms with Gasteiger partial charge < -0.3 is 10.2 Å². The van der Waals surface area contributed by atoms with Crippen LogP contribution in [-0.2, 0) is 6.42 Å². The number of anilines is 2. The topological polar surface area (TPSA) is 41.0 Å². The van der Waals surface area contributed by atoms with Crippen LogP contribution in [0.4, 0.5) is 11.6 Å². The van der Waals surface area contributed by atoms with Gasteiger partial charge in [-0.15, -0.1) is 0 Å². The summed E-state index contributed by atoms with van der Waals surface area (Å²) in [5, 5.41) is 3.40. The van der Waals surface area contributed by atoms with Crippen molar-refractivity contribution >= 4 is 11.6 Å². The standard InChI is InChI=1S/C17H22N4/c1-14-5-4-6-15(11-14)7-8-18-16-12-17(20-13-19-16)21-9-2-3-10-21/h4-6,11-13H,2-3,7-10H2,1H3,(H,18,19,20). The molecule has 0 bridgehead atoms. The highest BCUT2D eigenvalue weighted by molar-refractivity contribution is 5.49. The van der Waals surface area contributed by atoms with Crippen molar-refractivity contribution in [1.82, 2.24) is 9.97 Å². The van der Waals surface area contributed by atoms with E-state index < -0.39 is 0 Å². The van der Waals surface area contributed by atoms with Crippen molar-refractivity contribution in [1.29, 1.82) is 0 Å². The second-order valence-corrected chi connectivity index (χ2v) is 5.62. The second kappa shape index (κ2) is 6.57. The predicted molar refractivity (Wildman–Crippen MR) is 86.9 cm³/mol. The molecule has 0 atom stereocenters. The molecule has 2 heterocycles. The number of aryl methyl sites for hydroxylation is 1. The van der Waals surface area contributed by atoms with E-state index in [2.05, 4.69) is 57.4 Å². The van der Waals surface area contributed by atoms with Crippen molar-refractivity contribution in [3.8, 4) is 0 Å². The zero-order chi connectivity index (χ0) is 14.5. The lowest BCUT2D eigenvalue weighted by molar-refractivity contribution is 0.923. The fourth-order valence-corrected chi connectivity index (χ4v) is 2.77. The number of nitrogens with one attached hydrogen (secondary N) is 1. The van der Waals surface area contributed by atoms with E-state index >= 15 is 0 Å². The van der Waals surface area contributed by atoms with Crippen LogP contribution in [0.25, 0.3) is 0 Å². The Balaban J connectivity index is 1.56. The Morgan fingerprint density at radius 1 is 1.14 bits per heavy atom. The minimum absolute atomic E-state index is 0.889. The summed E-state index contributed by atoms with van der Waals surface area (Å²) in [6.45, 7) is 5.24. The molecule has 1 aromatic carbocycles. The summed E-state index contributed by atoms with van der Waals surface area (Å²) in [6, 6.07) is 10.7. The molecule has 1 saturated heterocycles. The normalized spacial score (nSPS) is 14.4. The second-order valence-electron chi connectivity index (χ2n) is 5.62. The Bertz CT molecular complexity index is 591. The maximum Gasteiger partial charge on any atom is 0.134 e. The highest BCUT2D eigenvalue weighted by Gasteiger charge is 2.13. The van der Waals surface area contributed by atoms with Gasteiger partial charge in [0.1, 0.15) is 18.0 Å². The van der Waals surface area contributed by atoms with Crippen LogP contribution in [-0.4, -0.2) is 29.6 Å². The van der Waals surface area contributed by atoms with E-state index in [1.807, 2.05) is 0 Å². The Morgan fingerprint density at radius 2 is 2.00 bits per heavy atom. The van der Waals surface area contributed by atoms with Gasteiger partial charge in [0.05, 0.1) is 0 Å². The van der Waals surface area contributed by atoms with Gasteiger partial charge >= 0.3 is 0 Å². The lowest BCUT2D eigenvalue weighted by atomic mass is 10.1. The monoisotopic (exact) mass is 282 g/mol. The summed E-state index contributed by atoms with van der Waals surface area (Å²) in [7, 11) is 0. The fraction of sp³-hybridized carbons (Fsp3) is 0.412. The van der Waals surface area contributed by atoms with E-state index in [1.165, 1.54) is 24.0 Å². The van der Waals surface area contributed by atoms with E-state index in [0.717, 1.165) is 37.7 Å². The van der Waals surface area contributed by atoms with Crippen molar-refractivity contribution < 1.29 is 0 Å². The van der Waals surface area contributed by atoms with Gasteiger partial charge in [-0.25, -0.2) is 9.97 Å². The molecule has 4 heteroatoms. The molecule has 110 valence electrons. The van der Waals surface area contributed by atoms with E-state index in [0.29, 0.717) is 0 Å². The van der Waals surface area contributed by atoms with Crippen LogP contribution in [0.15, 0.2) is 36.7 Å². The Labute approximate surface area is 126 Å². The first-order valence-corrected chi connectivity index (χ1v) is 7.68. The maximum absolute atomic E-state index is 4.37. The number of hydrogen-bond donors (Lipinski definition) is 1. The van der Waals surface area contributed by atoms with Crippen LogP contribution in [0, 0.1) is 6.92 Å². The molecule has 1 fully saturated rings. The van der Waals surface area contributed by atoms with Crippen molar-refractivity contribution in [2.45, 2.75) is 26.2 Å². The zero-order valence-corrected chi connectivity index (χ0v) is 12.5. The average Bonchev–Trinajstić information content (AvgIpc) is 3.02. The summed E-state index contributed by atoms with van der Waals surface area (Å²) < 4.78 is 0. The minimum Gasteiger partial charge on any atom is -0.370 e. The first-order chi connectivity index (χ1) is 10.3. The molecular formula is C17H22N4. The van der Waals surface area contributed by atoms with E-state index in [1.54, 1.807) is 6.33 Å². The summed E-state index contributed by atoms with van der Waals surface area (Å²) in [6.07, 6.45) is 5.19. The van der Waals surface area contributed by atoms with Crippen LogP contribution >= 0.6 is 0 Å². The van der Waals surface area contributed by atoms with E-state index in [-0.39, 0.29) is 0 Å². The van der Waals surface area contributed by atoms with Gasteiger partial charge in [0.15, 0.2) is 0 Å². The lowest BCUT2D eigenvalue weighted by Gasteiger charge is -2.16. The summed E-state index contributed by atoms with van der Waals surface area (Å²) in [5.74, 6) is 1.96. The van der Waals surface area contributed by atoms with Crippen molar-refractivity contribution in [2.75, 3.05) is 29.9 Å². The highest BCUT2D eigenvalue weighted by atomic mass is 15.2. The number of rotatable bonds is 5. The first-order valence-electron chi connectivity index (χ1n) is 7.68. The molecule has 1 N–H and O–H groups in total. The number of hydrogen-bond acceptors (Lipinski definition) is 4. The third-order valence-corrected chi connectivity index (χ3v) is 3.88.